The average molecular weight is 508 g/mol. The van der Waals surface area contributed by atoms with Crippen molar-refractivity contribution in [2.75, 3.05) is 28.4 Å². The maximum Gasteiger partial charge on any atom is 0.252 e. The van der Waals surface area contributed by atoms with Gasteiger partial charge in [-0.05, 0) is 23.3 Å². The minimum atomic E-state index is -2.16. The van der Waals surface area contributed by atoms with Crippen LogP contribution in [0.5, 0.6) is 23.0 Å². The third-order valence-corrected chi connectivity index (χ3v) is 7.56. The van der Waals surface area contributed by atoms with E-state index in [1.54, 1.807) is 67.8 Å². The molecule has 0 spiro atoms. The maximum atomic E-state index is 13.4. The summed E-state index contributed by atoms with van der Waals surface area (Å²) in [6, 6.07) is 19.1. The van der Waals surface area contributed by atoms with E-state index in [1.807, 2.05) is 6.07 Å². The Balaban J connectivity index is 1.88. The molecule has 3 aromatic carbocycles. The third-order valence-electron chi connectivity index (χ3n) is 7.56. The highest BCUT2D eigenvalue weighted by Gasteiger charge is 2.78. The van der Waals surface area contributed by atoms with Crippen LogP contribution in [0.25, 0.3) is 0 Å². The van der Waals surface area contributed by atoms with Gasteiger partial charge in [-0.25, -0.2) is 5.06 Å². The second-order valence-corrected chi connectivity index (χ2v) is 9.26. The van der Waals surface area contributed by atoms with Crippen LogP contribution in [0.3, 0.4) is 0 Å². The number of fused-ring (bicyclic) bond motifs is 3. The zero-order chi connectivity index (χ0) is 26.5. The fourth-order valence-corrected chi connectivity index (χ4v) is 5.99. The van der Waals surface area contributed by atoms with E-state index in [9.17, 15) is 20.2 Å². The van der Waals surface area contributed by atoms with E-state index in [2.05, 4.69) is 0 Å². The van der Waals surface area contributed by atoms with Crippen LogP contribution in [-0.2, 0) is 16.0 Å². The van der Waals surface area contributed by atoms with Gasteiger partial charge in [-0.15, -0.1) is 0 Å². The summed E-state index contributed by atoms with van der Waals surface area (Å²) in [6.45, 7) is 0. The summed E-state index contributed by atoms with van der Waals surface area (Å²) < 4.78 is 23.1. The first-order chi connectivity index (χ1) is 17.7. The van der Waals surface area contributed by atoms with Gasteiger partial charge in [0, 0.05) is 25.1 Å². The van der Waals surface area contributed by atoms with Crippen LogP contribution in [0.1, 0.15) is 22.6 Å². The molecule has 0 unspecified atom stereocenters. The van der Waals surface area contributed by atoms with E-state index >= 15 is 0 Å². The fourth-order valence-electron chi connectivity index (χ4n) is 5.99. The molecule has 1 fully saturated rings. The van der Waals surface area contributed by atoms with Crippen molar-refractivity contribution in [3.05, 3.63) is 83.4 Å². The van der Waals surface area contributed by atoms with Crippen LogP contribution < -0.4 is 18.9 Å². The lowest BCUT2D eigenvalue weighted by Gasteiger charge is -2.40. The van der Waals surface area contributed by atoms with Crippen LogP contribution in [0, 0.1) is 5.92 Å². The van der Waals surface area contributed by atoms with E-state index in [0.717, 1.165) is 0 Å². The Morgan fingerprint density at radius 1 is 0.946 bits per heavy atom. The fraction of sp³-hybridized carbons (Fsp3) is 0.321. The Morgan fingerprint density at radius 3 is 2.16 bits per heavy atom. The van der Waals surface area contributed by atoms with Gasteiger partial charge in [0.1, 0.15) is 29.1 Å². The molecule has 5 atom stereocenters. The van der Waals surface area contributed by atoms with Crippen molar-refractivity contribution < 1.29 is 39.2 Å². The van der Waals surface area contributed by atoms with Crippen molar-refractivity contribution in [1.29, 1.82) is 0 Å². The van der Waals surface area contributed by atoms with Crippen LogP contribution in [-0.4, -0.2) is 60.9 Å². The molecule has 3 aromatic rings. The molecule has 9 heteroatoms. The van der Waals surface area contributed by atoms with Gasteiger partial charge in [-0.3, -0.25) is 10.0 Å². The maximum absolute atomic E-state index is 13.4. The van der Waals surface area contributed by atoms with E-state index in [0.29, 0.717) is 27.7 Å². The van der Waals surface area contributed by atoms with Gasteiger partial charge in [-0.1, -0.05) is 42.5 Å². The molecular formula is C28H29NO8. The van der Waals surface area contributed by atoms with Crippen LogP contribution >= 0.6 is 0 Å². The van der Waals surface area contributed by atoms with Crippen molar-refractivity contribution in [1.82, 2.24) is 5.06 Å². The first-order valence-electron chi connectivity index (χ1n) is 11.8. The molecule has 0 radical (unpaired) electrons. The molecule has 0 aromatic heterocycles. The molecule has 1 saturated carbocycles. The lowest BCUT2D eigenvalue weighted by Crippen LogP contribution is -2.52. The van der Waals surface area contributed by atoms with Crippen molar-refractivity contribution >= 4 is 5.91 Å². The summed E-state index contributed by atoms with van der Waals surface area (Å²) >= 11 is 0. The highest BCUT2D eigenvalue weighted by atomic mass is 16.5. The van der Waals surface area contributed by atoms with Gasteiger partial charge >= 0.3 is 0 Å². The number of carbonyl (C=O) groups excluding carboxylic acids is 1. The number of hydrogen-bond acceptors (Lipinski definition) is 8. The number of ether oxygens (including phenoxy) is 4. The number of benzene rings is 3. The smallest absolute Gasteiger partial charge is 0.252 e. The molecule has 1 aliphatic heterocycles. The quantitative estimate of drug-likeness (QED) is 0.344. The molecule has 9 nitrogen and oxygen atoms in total. The molecule has 0 saturated heterocycles. The minimum Gasteiger partial charge on any atom is -0.497 e. The summed E-state index contributed by atoms with van der Waals surface area (Å²) in [6.07, 6.45) is -1.69. The number of aliphatic hydroxyl groups excluding tert-OH is 1. The van der Waals surface area contributed by atoms with Crippen LogP contribution in [0.2, 0.25) is 0 Å². The lowest BCUT2D eigenvalue weighted by atomic mass is 9.70. The number of rotatable bonds is 6. The molecule has 194 valence electrons. The standard InChI is InChI=1S/C28H29NO8/c1-29(33)26(31)22-23(16-8-6-5-7-9-16)28(17-10-12-18(34-2)13-11-17)27(32,25(22)30)24-20(36-4)14-19(35-3)15-21(24)37-28/h5-15,22-23,25,30,32-33H,1-4H3/t22-,23-,25-,27+,28+/m1/s1. The van der Waals surface area contributed by atoms with Gasteiger partial charge < -0.3 is 29.2 Å². The predicted molar refractivity (Wildman–Crippen MR) is 132 cm³/mol. The van der Waals surface area contributed by atoms with Gasteiger partial charge in [0.15, 0.2) is 11.2 Å². The number of hydrogen-bond donors (Lipinski definition) is 3. The summed E-state index contributed by atoms with van der Waals surface area (Å²) in [4.78, 5) is 13.4. The highest BCUT2D eigenvalue weighted by Crippen LogP contribution is 2.70. The van der Waals surface area contributed by atoms with Crippen molar-refractivity contribution in [2.24, 2.45) is 5.92 Å². The van der Waals surface area contributed by atoms with Gasteiger partial charge in [0.25, 0.3) is 5.91 Å². The van der Waals surface area contributed by atoms with Crippen molar-refractivity contribution in [3.63, 3.8) is 0 Å². The molecule has 1 heterocycles. The summed E-state index contributed by atoms with van der Waals surface area (Å²) in [5.41, 5.74) is -2.54. The van der Waals surface area contributed by atoms with Crippen molar-refractivity contribution in [3.8, 4) is 23.0 Å². The molecule has 1 aliphatic carbocycles. The molecule has 3 N–H and O–H groups in total. The second-order valence-electron chi connectivity index (χ2n) is 9.26. The second kappa shape index (κ2) is 8.95. The third kappa shape index (κ3) is 3.31. The topological polar surface area (TPSA) is 118 Å². The Morgan fingerprint density at radius 2 is 1.59 bits per heavy atom. The highest BCUT2D eigenvalue weighted by molar-refractivity contribution is 5.82. The Hall–Kier alpha value is -3.79. The molecule has 5 rings (SSSR count). The Labute approximate surface area is 214 Å². The largest absolute Gasteiger partial charge is 0.497 e. The molecular weight excluding hydrogens is 478 g/mol. The van der Waals surface area contributed by atoms with Crippen molar-refractivity contribution in [2.45, 2.75) is 23.2 Å². The van der Waals surface area contributed by atoms with E-state index in [-0.39, 0.29) is 17.1 Å². The number of hydroxylamine groups is 2. The average Bonchev–Trinajstić information content (AvgIpc) is 3.30. The number of amides is 1. The number of methoxy groups -OCH3 is 3. The minimum absolute atomic E-state index is 0.191. The molecule has 37 heavy (non-hydrogen) atoms. The van der Waals surface area contributed by atoms with E-state index in [1.165, 1.54) is 21.3 Å². The molecule has 0 bridgehead atoms. The zero-order valence-corrected chi connectivity index (χ0v) is 20.9. The lowest BCUT2D eigenvalue weighted by molar-refractivity contribution is -0.173. The number of nitrogens with zero attached hydrogens (tertiary/aromatic N) is 1. The monoisotopic (exact) mass is 507 g/mol. The van der Waals surface area contributed by atoms with Crippen LogP contribution in [0.15, 0.2) is 66.7 Å². The SMILES string of the molecule is COc1ccc([C@@]23Oc4cc(OC)cc(OC)c4[C@]2(O)[C@H](O)[C@H](C(=O)N(C)O)[C@H]3c2ccccc2)cc1. The zero-order valence-electron chi connectivity index (χ0n) is 20.9. The van der Waals surface area contributed by atoms with Gasteiger partial charge in [0.2, 0.25) is 0 Å². The van der Waals surface area contributed by atoms with Gasteiger partial charge in [-0.2, -0.15) is 0 Å². The molecule has 1 amide bonds. The predicted octanol–water partition coefficient (Wildman–Crippen LogP) is 2.81. The molecule has 2 aliphatic rings. The first-order valence-corrected chi connectivity index (χ1v) is 11.8. The van der Waals surface area contributed by atoms with E-state index in [4.69, 9.17) is 18.9 Å². The normalized spacial score (nSPS) is 27.6. The summed E-state index contributed by atoms with van der Waals surface area (Å²) in [7, 11) is 5.67. The Bertz CT molecular complexity index is 1310. The van der Waals surface area contributed by atoms with E-state index < -0.39 is 35.0 Å². The number of carbonyl (C=O) groups is 1. The first kappa shape index (κ1) is 24.9. The number of aliphatic hydroxyl groups is 2. The summed E-state index contributed by atoms with van der Waals surface area (Å²) in [5, 5.41) is 35.2. The summed E-state index contributed by atoms with van der Waals surface area (Å²) in [5.74, 6) is -1.48. The van der Waals surface area contributed by atoms with Crippen LogP contribution in [0.4, 0.5) is 0 Å². The Kier molecular flexibility index (Phi) is 6.02. The van der Waals surface area contributed by atoms with Gasteiger partial charge in [0.05, 0.1) is 32.8 Å².